The molecule has 0 aliphatic carbocycles. The number of Topliss-reactive ketones (excluding diaryl/α,β-unsaturated/α-hetero) is 1. The lowest BCUT2D eigenvalue weighted by Crippen LogP contribution is -2.58. The van der Waals surface area contributed by atoms with Gasteiger partial charge in [0.15, 0.2) is 5.78 Å². The molecular weight excluding hydrogens is 336 g/mol. The van der Waals surface area contributed by atoms with Gasteiger partial charge in [-0.05, 0) is 25.0 Å². The second-order valence-corrected chi connectivity index (χ2v) is 6.29. The third-order valence-electron chi connectivity index (χ3n) is 3.98. The molecule has 2 saturated heterocycles. The first kappa shape index (κ1) is 14.3. The van der Waals surface area contributed by atoms with Gasteiger partial charge >= 0.3 is 0 Å². The fourth-order valence-corrected chi connectivity index (χ4v) is 3.32. The minimum absolute atomic E-state index is 0.00900. The molecule has 110 valence electrons. The van der Waals surface area contributed by atoms with Crippen LogP contribution in [0.4, 0.5) is 0 Å². The number of carbonyl (C=O) groups excluding carboxylic acids is 3. The van der Waals surface area contributed by atoms with Gasteiger partial charge < -0.3 is 9.80 Å². The summed E-state index contributed by atoms with van der Waals surface area (Å²) in [6, 6.07) is 6.69. The van der Waals surface area contributed by atoms with Gasteiger partial charge in [-0.15, -0.1) is 0 Å². The average molecular weight is 351 g/mol. The molecule has 1 atom stereocenters. The van der Waals surface area contributed by atoms with E-state index in [1.165, 1.54) is 4.90 Å². The maximum Gasteiger partial charge on any atom is 0.246 e. The van der Waals surface area contributed by atoms with Crippen LogP contribution < -0.4 is 0 Å². The Bertz CT molecular complexity index is 617. The average Bonchev–Trinajstić information content (AvgIpc) is 2.94. The van der Waals surface area contributed by atoms with Gasteiger partial charge in [-0.2, -0.15) is 0 Å². The zero-order valence-corrected chi connectivity index (χ0v) is 13.0. The van der Waals surface area contributed by atoms with Crippen LogP contribution in [0.15, 0.2) is 28.7 Å². The molecule has 2 heterocycles. The third-order valence-corrected chi connectivity index (χ3v) is 4.47. The van der Waals surface area contributed by atoms with Crippen LogP contribution >= 0.6 is 15.9 Å². The van der Waals surface area contributed by atoms with E-state index in [0.29, 0.717) is 18.5 Å². The maximum atomic E-state index is 12.4. The molecule has 6 heteroatoms. The molecule has 21 heavy (non-hydrogen) atoms. The van der Waals surface area contributed by atoms with Crippen molar-refractivity contribution in [2.24, 2.45) is 0 Å². The van der Waals surface area contributed by atoms with E-state index < -0.39 is 0 Å². The van der Waals surface area contributed by atoms with E-state index in [0.717, 1.165) is 10.9 Å². The molecule has 2 aliphatic rings. The van der Waals surface area contributed by atoms with Crippen LogP contribution in [0.2, 0.25) is 0 Å². The normalized spacial score (nSPS) is 21.7. The Balaban J connectivity index is 1.74. The van der Waals surface area contributed by atoms with Crippen molar-refractivity contribution in [1.82, 2.24) is 9.80 Å². The van der Waals surface area contributed by atoms with Gasteiger partial charge in [0.2, 0.25) is 11.8 Å². The Morgan fingerprint density at radius 2 is 2.14 bits per heavy atom. The Hall–Kier alpha value is -1.69. The van der Waals surface area contributed by atoms with Crippen molar-refractivity contribution in [2.45, 2.75) is 18.9 Å². The summed E-state index contributed by atoms with van der Waals surface area (Å²) < 4.78 is 0.816. The largest absolute Gasteiger partial charge is 0.329 e. The first-order valence-corrected chi connectivity index (χ1v) is 7.72. The predicted molar refractivity (Wildman–Crippen MR) is 79.8 cm³/mol. The van der Waals surface area contributed by atoms with Crippen molar-refractivity contribution < 1.29 is 14.4 Å². The van der Waals surface area contributed by atoms with Crippen LogP contribution in [0.5, 0.6) is 0 Å². The first-order chi connectivity index (χ1) is 10.1. The van der Waals surface area contributed by atoms with E-state index in [2.05, 4.69) is 15.9 Å². The van der Waals surface area contributed by atoms with Crippen molar-refractivity contribution in [3.05, 3.63) is 34.3 Å². The summed E-state index contributed by atoms with van der Waals surface area (Å²) in [5, 5.41) is 0. The van der Waals surface area contributed by atoms with Gasteiger partial charge in [0.25, 0.3) is 0 Å². The minimum Gasteiger partial charge on any atom is -0.329 e. The number of ketones is 1. The molecule has 0 aromatic heterocycles. The third kappa shape index (κ3) is 2.72. The number of carbonyl (C=O) groups is 3. The highest BCUT2D eigenvalue weighted by Gasteiger charge is 2.42. The van der Waals surface area contributed by atoms with E-state index >= 15 is 0 Å². The summed E-state index contributed by atoms with van der Waals surface area (Å²) in [7, 11) is 0. The highest BCUT2D eigenvalue weighted by molar-refractivity contribution is 9.10. The smallest absolute Gasteiger partial charge is 0.246 e. The quantitative estimate of drug-likeness (QED) is 0.775. The minimum atomic E-state index is -0.360. The van der Waals surface area contributed by atoms with Gasteiger partial charge in [-0.1, -0.05) is 28.1 Å². The molecule has 0 bridgehead atoms. The molecule has 2 amide bonds. The molecule has 1 aromatic carbocycles. The van der Waals surface area contributed by atoms with E-state index in [1.54, 1.807) is 23.1 Å². The van der Waals surface area contributed by atoms with Gasteiger partial charge in [-0.3, -0.25) is 14.4 Å². The van der Waals surface area contributed by atoms with E-state index in [-0.39, 0.29) is 36.7 Å². The molecule has 0 spiro atoms. The molecule has 0 saturated carbocycles. The van der Waals surface area contributed by atoms with Crippen molar-refractivity contribution in [2.75, 3.05) is 19.6 Å². The van der Waals surface area contributed by atoms with Crippen LogP contribution in [-0.2, 0) is 9.59 Å². The molecule has 1 aromatic rings. The molecule has 3 rings (SSSR count). The molecular formula is C15H15BrN2O3. The van der Waals surface area contributed by atoms with Crippen molar-refractivity contribution in [3.63, 3.8) is 0 Å². The number of nitrogens with zero attached hydrogens (tertiary/aromatic N) is 2. The molecule has 0 N–H and O–H groups in total. The van der Waals surface area contributed by atoms with Crippen molar-refractivity contribution in [3.8, 4) is 0 Å². The van der Waals surface area contributed by atoms with E-state index in [1.807, 2.05) is 6.07 Å². The second kappa shape index (κ2) is 5.60. The highest BCUT2D eigenvalue weighted by atomic mass is 79.9. The number of rotatable bonds is 3. The molecule has 1 unspecified atom stereocenters. The van der Waals surface area contributed by atoms with Gasteiger partial charge in [0.1, 0.15) is 12.6 Å². The van der Waals surface area contributed by atoms with Crippen LogP contribution in [-0.4, -0.2) is 53.1 Å². The van der Waals surface area contributed by atoms with Crippen LogP contribution in [0.25, 0.3) is 0 Å². The summed E-state index contributed by atoms with van der Waals surface area (Å²) >= 11 is 3.32. The number of piperazine rings is 1. The Morgan fingerprint density at radius 1 is 1.33 bits per heavy atom. The molecule has 2 aliphatic heterocycles. The zero-order chi connectivity index (χ0) is 15.0. The summed E-state index contributed by atoms with van der Waals surface area (Å²) in [4.78, 5) is 39.7. The van der Waals surface area contributed by atoms with Crippen molar-refractivity contribution in [1.29, 1.82) is 0 Å². The second-order valence-electron chi connectivity index (χ2n) is 5.37. The SMILES string of the molecule is O=C(CN1CC(=O)N2CCCC2C1=O)c1cccc(Br)c1. The fraction of sp³-hybridized carbons (Fsp3) is 0.400. The van der Waals surface area contributed by atoms with E-state index in [9.17, 15) is 14.4 Å². The van der Waals surface area contributed by atoms with Crippen molar-refractivity contribution >= 4 is 33.5 Å². The summed E-state index contributed by atoms with van der Waals surface area (Å²) in [5.74, 6) is -0.307. The Kier molecular flexibility index (Phi) is 3.80. The number of halogens is 1. The molecule has 5 nitrogen and oxygen atoms in total. The lowest BCUT2D eigenvalue weighted by molar-refractivity contribution is -0.152. The standard InChI is InChI=1S/C15H15BrN2O3/c16-11-4-1-3-10(7-11)13(19)8-17-9-14(20)18-6-2-5-12(18)15(17)21/h1,3-4,7,12H,2,5-6,8-9H2. The number of benzene rings is 1. The summed E-state index contributed by atoms with van der Waals surface area (Å²) in [6.45, 7) is 0.628. The number of hydrogen-bond donors (Lipinski definition) is 0. The zero-order valence-electron chi connectivity index (χ0n) is 11.4. The molecule has 0 radical (unpaired) electrons. The lowest BCUT2D eigenvalue weighted by Gasteiger charge is -2.36. The Labute approximate surface area is 131 Å². The maximum absolute atomic E-state index is 12.4. The van der Waals surface area contributed by atoms with Gasteiger partial charge in [-0.25, -0.2) is 0 Å². The van der Waals surface area contributed by atoms with Crippen LogP contribution in [0, 0.1) is 0 Å². The summed E-state index contributed by atoms with van der Waals surface area (Å²) in [6.07, 6.45) is 1.56. The number of fused-ring (bicyclic) bond motifs is 1. The van der Waals surface area contributed by atoms with E-state index in [4.69, 9.17) is 0 Å². The fourth-order valence-electron chi connectivity index (χ4n) is 2.93. The topological polar surface area (TPSA) is 57.7 Å². The lowest BCUT2D eigenvalue weighted by atomic mass is 10.1. The Morgan fingerprint density at radius 3 is 2.90 bits per heavy atom. The number of hydrogen-bond acceptors (Lipinski definition) is 3. The van der Waals surface area contributed by atoms with Crippen LogP contribution in [0.1, 0.15) is 23.2 Å². The monoisotopic (exact) mass is 350 g/mol. The predicted octanol–water partition coefficient (Wildman–Crippen LogP) is 1.46. The number of amides is 2. The summed E-state index contributed by atoms with van der Waals surface area (Å²) in [5.41, 5.74) is 0.540. The molecule has 2 fully saturated rings. The van der Waals surface area contributed by atoms with Gasteiger partial charge in [0.05, 0.1) is 6.54 Å². The van der Waals surface area contributed by atoms with Crippen LogP contribution in [0.3, 0.4) is 0 Å². The van der Waals surface area contributed by atoms with Gasteiger partial charge in [0, 0.05) is 16.6 Å². The first-order valence-electron chi connectivity index (χ1n) is 6.93. The highest BCUT2D eigenvalue weighted by Crippen LogP contribution is 2.24.